The Morgan fingerprint density at radius 3 is 2.88 bits per heavy atom. The number of carboxylic acids is 1. The fraction of sp³-hybridized carbons (Fsp3) is 0.917. The van der Waals surface area contributed by atoms with E-state index in [-0.39, 0.29) is 0 Å². The molecule has 0 spiro atoms. The highest BCUT2D eigenvalue weighted by molar-refractivity contribution is 8.00. The standard InChI is InChI=1S/C12H23NO2S/c1-4-9(2)16-10-6-5-7-12(8-10,13-3)11(14)15/h9-10,13H,4-8H2,1-3H3,(H,14,15). The Morgan fingerprint density at radius 2 is 2.38 bits per heavy atom. The Kier molecular flexibility index (Phi) is 5.12. The van der Waals surface area contributed by atoms with Gasteiger partial charge in [-0.1, -0.05) is 13.8 Å². The highest BCUT2D eigenvalue weighted by Gasteiger charge is 2.41. The molecule has 1 aliphatic rings. The van der Waals surface area contributed by atoms with Gasteiger partial charge >= 0.3 is 5.97 Å². The molecule has 3 atom stereocenters. The predicted octanol–water partition coefficient (Wildman–Crippen LogP) is 2.50. The molecule has 0 amide bonds. The summed E-state index contributed by atoms with van der Waals surface area (Å²) >= 11 is 1.95. The molecule has 4 heteroatoms. The van der Waals surface area contributed by atoms with Crippen LogP contribution in [0.3, 0.4) is 0 Å². The fourth-order valence-electron chi connectivity index (χ4n) is 2.29. The molecule has 0 saturated heterocycles. The van der Waals surface area contributed by atoms with Crippen LogP contribution in [0.15, 0.2) is 0 Å². The minimum absolute atomic E-state index is 0.493. The van der Waals surface area contributed by atoms with Crippen molar-refractivity contribution < 1.29 is 9.90 Å². The first kappa shape index (κ1) is 13.8. The van der Waals surface area contributed by atoms with Crippen LogP contribution in [0.4, 0.5) is 0 Å². The average Bonchev–Trinajstić information content (AvgIpc) is 2.28. The molecular formula is C12H23NO2S. The SMILES string of the molecule is CCC(C)SC1CCCC(NC)(C(=O)O)C1. The second-order valence-corrected chi connectivity index (χ2v) is 6.45. The molecular weight excluding hydrogens is 222 g/mol. The van der Waals surface area contributed by atoms with Crippen molar-refractivity contribution in [2.24, 2.45) is 0 Å². The van der Waals surface area contributed by atoms with Crippen molar-refractivity contribution >= 4 is 17.7 Å². The van der Waals surface area contributed by atoms with E-state index in [1.54, 1.807) is 7.05 Å². The number of carboxylic acid groups (broad SMARTS) is 1. The third kappa shape index (κ3) is 3.14. The van der Waals surface area contributed by atoms with Gasteiger partial charge in [-0.2, -0.15) is 11.8 Å². The van der Waals surface area contributed by atoms with Crippen LogP contribution in [0.2, 0.25) is 0 Å². The Hall–Kier alpha value is -0.220. The van der Waals surface area contributed by atoms with E-state index in [1.807, 2.05) is 11.8 Å². The van der Waals surface area contributed by atoms with Gasteiger partial charge in [0.1, 0.15) is 5.54 Å². The summed E-state index contributed by atoms with van der Waals surface area (Å²) in [6.07, 6.45) is 4.85. The summed E-state index contributed by atoms with van der Waals surface area (Å²) in [6.45, 7) is 4.41. The zero-order valence-corrected chi connectivity index (χ0v) is 11.3. The van der Waals surface area contributed by atoms with E-state index in [1.165, 1.54) is 0 Å². The minimum Gasteiger partial charge on any atom is -0.480 e. The summed E-state index contributed by atoms with van der Waals surface area (Å²) < 4.78 is 0. The molecule has 0 aromatic rings. The maximum absolute atomic E-state index is 11.3. The van der Waals surface area contributed by atoms with E-state index < -0.39 is 11.5 Å². The van der Waals surface area contributed by atoms with Crippen molar-refractivity contribution in [3.63, 3.8) is 0 Å². The molecule has 0 aliphatic heterocycles. The minimum atomic E-state index is -0.690. The second-order valence-electron chi connectivity index (χ2n) is 4.71. The summed E-state index contributed by atoms with van der Waals surface area (Å²) in [5.74, 6) is -0.690. The maximum atomic E-state index is 11.3. The van der Waals surface area contributed by atoms with Crippen LogP contribution in [0.25, 0.3) is 0 Å². The Morgan fingerprint density at radius 1 is 1.69 bits per heavy atom. The van der Waals surface area contributed by atoms with Gasteiger partial charge < -0.3 is 10.4 Å². The lowest BCUT2D eigenvalue weighted by Gasteiger charge is -2.37. The van der Waals surface area contributed by atoms with Crippen molar-refractivity contribution in [3.8, 4) is 0 Å². The molecule has 0 aromatic carbocycles. The molecule has 3 unspecified atom stereocenters. The highest BCUT2D eigenvalue weighted by atomic mass is 32.2. The second kappa shape index (κ2) is 5.92. The number of likely N-dealkylation sites (N-methyl/N-ethyl adjacent to an activating group) is 1. The Balaban J connectivity index is 2.61. The van der Waals surface area contributed by atoms with Crippen LogP contribution in [-0.4, -0.2) is 34.2 Å². The molecule has 0 bridgehead atoms. The number of rotatable bonds is 5. The van der Waals surface area contributed by atoms with Crippen molar-refractivity contribution in [2.45, 2.75) is 62.0 Å². The van der Waals surface area contributed by atoms with Gasteiger partial charge in [0, 0.05) is 10.5 Å². The third-order valence-electron chi connectivity index (χ3n) is 3.59. The van der Waals surface area contributed by atoms with Gasteiger partial charge in [0.2, 0.25) is 0 Å². The zero-order valence-electron chi connectivity index (χ0n) is 10.5. The summed E-state index contributed by atoms with van der Waals surface area (Å²) in [5, 5.41) is 13.5. The topological polar surface area (TPSA) is 49.3 Å². The molecule has 2 N–H and O–H groups in total. The first-order valence-corrected chi connectivity index (χ1v) is 7.06. The average molecular weight is 245 g/mol. The van der Waals surface area contributed by atoms with E-state index in [0.717, 1.165) is 32.1 Å². The smallest absolute Gasteiger partial charge is 0.323 e. The first-order chi connectivity index (χ1) is 7.54. The van der Waals surface area contributed by atoms with Gasteiger partial charge in [-0.05, 0) is 39.2 Å². The lowest BCUT2D eigenvalue weighted by Crippen LogP contribution is -2.54. The highest BCUT2D eigenvalue weighted by Crippen LogP contribution is 2.37. The molecule has 0 aromatic heterocycles. The summed E-state index contributed by atoms with van der Waals surface area (Å²) in [6, 6.07) is 0. The molecule has 1 fully saturated rings. The normalized spacial score (nSPS) is 32.3. The number of carbonyl (C=O) groups is 1. The molecule has 94 valence electrons. The molecule has 0 radical (unpaired) electrons. The largest absolute Gasteiger partial charge is 0.480 e. The van der Waals surface area contributed by atoms with Gasteiger partial charge in [-0.15, -0.1) is 0 Å². The monoisotopic (exact) mass is 245 g/mol. The molecule has 3 nitrogen and oxygen atoms in total. The lowest BCUT2D eigenvalue weighted by atomic mass is 9.81. The van der Waals surface area contributed by atoms with Crippen LogP contribution in [-0.2, 0) is 4.79 Å². The van der Waals surface area contributed by atoms with E-state index in [2.05, 4.69) is 19.2 Å². The molecule has 1 saturated carbocycles. The van der Waals surface area contributed by atoms with Crippen LogP contribution < -0.4 is 5.32 Å². The lowest BCUT2D eigenvalue weighted by molar-refractivity contribution is -0.146. The van der Waals surface area contributed by atoms with E-state index in [4.69, 9.17) is 0 Å². The molecule has 16 heavy (non-hydrogen) atoms. The third-order valence-corrected chi connectivity index (χ3v) is 5.18. The van der Waals surface area contributed by atoms with Gasteiger partial charge in [-0.25, -0.2) is 0 Å². The Labute approximate surface area is 102 Å². The summed E-state index contributed by atoms with van der Waals surface area (Å²) in [7, 11) is 1.77. The van der Waals surface area contributed by atoms with Crippen LogP contribution >= 0.6 is 11.8 Å². The number of aliphatic carboxylic acids is 1. The number of nitrogens with one attached hydrogen (secondary N) is 1. The van der Waals surface area contributed by atoms with Gasteiger partial charge in [0.25, 0.3) is 0 Å². The van der Waals surface area contributed by atoms with Crippen molar-refractivity contribution in [1.29, 1.82) is 0 Å². The van der Waals surface area contributed by atoms with Crippen molar-refractivity contribution in [2.75, 3.05) is 7.05 Å². The number of thioether (sulfide) groups is 1. The van der Waals surface area contributed by atoms with Crippen LogP contribution in [0.5, 0.6) is 0 Å². The quantitative estimate of drug-likeness (QED) is 0.781. The van der Waals surface area contributed by atoms with Crippen LogP contribution in [0, 0.1) is 0 Å². The Bertz CT molecular complexity index is 247. The van der Waals surface area contributed by atoms with E-state index in [9.17, 15) is 9.90 Å². The zero-order chi connectivity index (χ0) is 12.2. The fourth-order valence-corrected chi connectivity index (χ4v) is 3.83. The van der Waals surface area contributed by atoms with Crippen LogP contribution in [0.1, 0.15) is 46.0 Å². The first-order valence-electron chi connectivity index (χ1n) is 6.12. The number of hydrogen-bond donors (Lipinski definition) is 2. The number of hydrogen-bond acceptors (Lipinski definition) is 3. The molecule has 0 heterocycles. The van der Waals surface area contributed by atoms with Crippen molar-refractivity contribution in [1.82, 2.24) is 5.32 Å². The van der Waals surface area contributed by atoms with E-state index in [0.29, 0.717) is 10.5 Å². The molecule has 1 rings (SSSR count). The van der Waals surface area contributed by atoms with Gasteiger partial charge in [0.05, 0.1) is 0 Å². The summed E-state index contributed by atoms with van der Waals surface area (Å²) in [4.78, 5) is 11.3. The van der Waals surface area contributed by atoms with Crippen molar-refractivity contribution in [3.05, 3.63) is 0 Å². The van der Waals surface area contributed by atoms with E-state index >= 15 is 0 Å². The maximum Gasteiger partial charge on any atom is 0.323 e. The summed E-state index contributed by atoms with van der Waals surface area (Å²) in [5.41, 5.74) is -0.677. The molecule has 1 aliphatic carbocycles. The van der Waals surface area contributed by atoms with Gasteiger partial charge in [0.15, 0.2) is 0 Å². The van der Waals surface area contributed by atoms with Gasteiger partial charge in [-0.3, -0.25) is 4.79 Å². The predicted molar refractivity (Wildman–Crippen MR) is 69.0 cm³/mol.